The third kappa shape index (κ3) is 5.26. The zero-order chi connectivity index (χ0) is 20.0. The van der Waals surface area contributed by atoms with Gasteiger partial charge in [0.25, 0.3) is 5.56 Å². The fraction of sp³-hybridized carbons (Fsp3) is 0.421. The van der Waals surface area contributed by atoms with Crippen molar-refractivity contribution in [1.82, 2.24) is 15.3 Å². The molecule has 1 unspecified atom stereocenters. The first-order chi connectivity index (χ1) is 12.9. The number of aromatic amines is 1. The van der Waals surface area contributed by atoms with Crippen molar-refractivity contribution in [2.45, 2.75) is 37.9 Å². The number of rotatable bonds is 8. The van der Waals surface area contributed by atoms with Crippen LogP contribution in [0.2, 0.25) is 0 Å². The van der Waals surface area contributed by atoms with Crippen LogP contribution in [0, 0.1) is 6.92 Å². The second-order valence-electron chi connectivity index (χ2n) is 6.04. The molecule has 7 nitrogen and oxygen atoms in total. The van der Waals surface area contributed by atoms with Gasteiger partial charge in [-0.05, 0) is 38.7 Å². The van der Waals surface area contributed by atoms with Gasteiger partial charge in [-0.1, -0.05) is 11.8 Å². The Kier molecular flexibility index (Phi) is 7.29. The highest BCUT2D eigenvalue weighted by Gasteiger charge is 2.16. The first-order valence-electron chi connectivity index (χ1n) is 8.54. The van der Waals surface area contributed by atoms with Gasteiger partial charge in [0, 0.05) is 29.3 Å². The summed E-state index contributed by atoms with van der Waals surface area (Å²) < 4.78 is 10.6. The molecule has 0 aliphatic heterocycles. The topological polar surface area (TPSA) is 93.3 Å². The summed E-state index contributed by atoms with van der Waals surface area (Å²) in [4.78, 5) is 31.6. The SMILES string of the molecule is COc1ccc(C(C)NC(=O)CCc2c(C)nc(SC)[nH]c2=O)c(OC)c1. The summed E-state index contributed by atoms with van der Waals surface area (Å²) in [6.45, 7) is 3.67. The minimum Gasteiger partial charge on any atom is -0.497 e. The molecule has 0 fully saturated rings. The number of carbonyl (C=O) groups is 1. The quantitative estimate of drug-likeness (QED) is 0.531. The van der Waals surface area contributed by atoms with E-state index in [2.05, 4.69) is 15.3 Å². The molecule has 2 N–H and O–H groups in total. The minimum atomic E-state index is -0.241. The average molecular weight is 391 g/mol. The highest BCUT2D eigenvalue weighted by molar-refractivity contribution is 7.98. The second kappa shape index (κ2) is 9.45. The van der Waals surface area contributed by atoms with E-state index in [1.165, 1.54) is 11.8 Å². The van der Waals surface area contributed by atoms with Crippen molar-refractivity contribution < 1.29 is 14.3 Å². The van der Waals surface area contributed by atoms with E-state index < -0.39 is 0 Å². The molecule has 146 valence electrons. The van der Waals surface area contributed by atoms with Crippen molar-refractivity contribution in [2.24, 2.45) is 0 Å². The minimum absolute atomic E-state index is 0.145. The fourth-order valence-corrected chi connectivity index (χ4v) is 3.20. The van der Waals surface area contributed by atoms with Crippen molar-refractivity contribution in [3.05, 3.63) is 45.4 Å². The molecule has 1 atom stereocenters. The van der Waals surface area contributed by atoms with Gasteiger partial charge in [-0.2, -0.15) is 0 Å². The number of hydrogen-bond donors (Lipinski definition) is 2. The zero-order valence-corrected chi connectivity index (χ0v) is 17.0. The monoisotopic (exact) mass is 391 g/mol. The Morgan fingerprint density at radius 1 is 1.33 bits per heavy atom. The van der Waals surface area contributed by atoms with E-state index in [0.29, 0.717) is 34.3 Å². The van der Waals surface area contributed by atoms with Crippen LogP contribution < -0.4 is 20.3 Å². The number of benzene rings is 1. The molecule has 1 aromatic heterocycles. The molecule has 2 aromatic rings. The van der Waals surface area contributed by atoms with E-state index in [1.807, 2.05) is 25.3 Å². The smallest absolute Gasteiger partial charge is 0.254 e. The van der Waals surface area contributed by atoms with Crippen molar-refractivity contribution in [2.75, 3.05) is 20.5 Å². The highest BCUT2D eigenvalue weighted by Crippen LogP contribution is 2.29. The Morgan fingerprint density at radius 3 is 2.67 bits per heavy atom. The van der Waals surface area contributed by atoms with Crippen LogP contribution in [-0.2, 0) is 11.2 Å². The van der Waals surface area contributed by atoms with Crippen LogP contribution in [0.25, 0.3) is 0 Å². The first kappa shape index (κ1) is 20.8. The summed E-state index contributed by atoms with van der Waals surface area (Å²) in [5.74, 6) is 1.18. The van der Waals surface area contributed by atoms with Crippen LogP contribution >= 0.6 is 11.8 Å². The largest absolute Gasteiger partial charge is 0.497 e. The van der Waals surface area contributed by atoms with Gasteiger partial charge in [0.1, 0.15) is 11.5 Å². The van der Waals surface area contributed by atoms with Gasteiger partial charge in [0.2, 0.25) is 5.91 Å². The molecule has 2 rings (SSSR count). The van der Waals surface area contributed by atoms with E-state index in [1.54, 1.807) is 27.2 Å². The third-order valence-electron chi connectivity index (χ3n) is 4.28. The molecule has 1 heterocycles. The Hall–Kier alpha value is -2.48. The number of carbonyl (C=O) groups excluding carboxylic acids is 1. The normalized spacial score (nSPS) is 11.7. The maximum absolute atomic E-state index is 12.4. The summed E-state index contributed by atoms with van der Waals surface area (Å²) in [5, 5.41) is 3.52. The van der Waals surface area contributed by atoms with E-state index >= 15 is 0 Å². The number of nitrogens with zero attached hydrogens (tertiary/aromatic N) is 1. The molecule has 8 heteroatoms. The average Bonchev–Trinajstić information content (AvgIpc) is 2.66. The molecule has 0 saturated heterocycles. The predicted molar refractivity (Wildman–Crippen MR) is 106 cm³/mol. The number of thioether (sulfide) groups is 1. The number of aromatic nitrogens is 2. The molecule has 27 heavy (non-hydrogen) atoms. The molecule has 0 bridgehead atoms. The van der Waals surface area contributed by atoms with Gasteiger partial charge in [0.15, 0.2) is 5.16 Å². The van der Waals surface area contributed by atoms with Crippen LogP contribution in [0.1, 0.15) is 36.2 Å². The van der Waals surface area contributed by atoms with Gasteiger partial charge in [-0.25, -0.2) is 4.98 Å². The van der Waals surface area contributed by atoms with Gasteiger partial charge in [0.05, 0.1) is 20.3 Å². The second-order valence-corrected chi connectivity index (χ2v) is 6.83. The van der Waals surface area contributed by atoms with Gasteiger partial charge in [-0.3, -0.25) is 9.59 Å². The first-order valence-corrected chi connectivity index (χ1v) is 9.77. The number of nitrogens with one attached hydrogen (secondary N) is 2. The van der Waals surface area contributed by atoms with Crippen LogP contribution in [0.3, 0.4) is 0 Å². The number of aryl methyl sites for hydroxylation is 1. The molecule has 0 aliphatic rings. The highest BCUT2D eigenvalue weighted by atomic mass is 32.2. The van der Waals surface area contributed by atoms with Crippen molar-refractivity contribution in [3.8, 4) is 11.5 Å². The molecule has 0 spiro atoms. The molecular formula is C19H25N3O4S. The standard InChI is InChI=1S/C19H25N3O4S/c1-11(14-7-6-13(25-3)10-16(14)26-4)20-17(23)9-8-15-12(2)21-19(27-5)22-18(15)24/h6-7,10-11H,8-9H2,1-5H3,(H,20,23)(H,21,22,24). The summed E-state index contributed by atoms with van der Waals surface area (Å²) in [7, 11) is 3.16. The lowest BCUT2D eigenvalue weighted by atomic mass is 10.1. The molecule has 0 saturated carbocycles. The van der Waals surface area contributed by atoms with Gasteiger partial charge < -0.3 is 19.8 Å². The van der Waals surface area contributed by atoms with E-state index in [4.69, 9.17) is 9.47 Å². The predicted octanol–water partition coefficient (Wildman–Crippen LogP) is 2.63. The van der Waals surface area contributed by atoms with E-state index in [-0.39, 0.29) is 23.9 Å². The number of H-pyrrole nitrogens is 1. The lowest BCUT2D eigenvalue weighted by Crippen LogP contribution is -2.28. The number of methoxy groups -OCH3 is 2. The van der Waals surface area contributed by atoms with E-state index in [0.717, 1.165) is 5.56 Å². The third-order valence-corrected chi connectivity index (χ3v) is 4.86. The van der Waals surface area contributed by atoms with Gasteiger partial charge >= 0.3 is 0 Å². The zero-order valence-electron chi connectivity index (χ0n) is 16.2. The lowest BCUT2D eigenvalue weighted by Gasteiger charge is -2.18. The Balaban J connectivity index is 2.03. The van der Waals surface area contributed by atoms with Crippen LogP contribution in [0.4, 0.5) is 0 Å². The molecule has 1 amide bonds. The van der Waals surface area contributed by atoms with Crippen LogP contribution in [-0.4, -0.2) is 36.4 Å². The molecule has 0 aliphatic carbocycles. The summed E-state index contributed by atoms with van der Waals surface area (Å²) in [6, 6.07) is 5.22. The van der Waals surface area contributed by atoms with Crippen LogP contribution in [0.15, 0.2) is 28.2 Å². The van der Waals surface area contributed by atoms with Crippen LogP contribution in [0.5, 0.6) is 11.5 Å². The Bertz CT molecular complexity index is 867. The molecule has 0 radical (unpaired) electrons. The maximum atomic E-state index is 12.4. The molecular weight excluding hydrogens is 366 g/mol. The Morgan fingerprint density at radius 2 is 2.07 bits per heavy atom. The summed E-state index contributed by atoms with van der Waals surface area (Å²) in [6.07, 6.45) is 2.38. The maximum Gasteiger partial charge on any atom is 0.254 e. The van der Waals surface area contributed by atoms with Crippen molar-refractivity contribution in [3.63, 3.8) is 0 Å². The number of amides is 1. The number of ether oxygens (including phenoxy) is 2. The molecule has 1 aromatic carbocycles. The Labute approximate surface area is 162 Å². The van der Waals surface area contributed by atoms with Crippen molar-refractivity contribution >= 4 is 17.7 Å². The number of hydrogen-bond acceptors (Lipinski definition) is 6. The summed E-state index contributed by atoms with van der Waals surface area (Å²) >= 11 is 1.38. The summed E-state index contributed by atoms with van der Waals surface area (Å²) in [5.41, 5.74) is 1.86. The van der Waals surface area contributed by atoms with Crippen molar-refractivity contribution in [1.29, 1.82) is 0 Å². The lowest BCUT2D eigenvalue weighted by molar-refractivity contribution is -0.121. The van der Waals surface area contributed by atoms with E-state index in [9.17, 15) is 9.59 Å². The van der Waals surface area contributed by atoms with Gasteiger partial charge in [-0.15, -0.1) is 0 Å². The fourth-order valence-electron chi connectivity index (χ4n) is 2.78.